The van der Waals surface area contributed by atoms with Gasteiger partial charge in [-0.1, -0.05) is 11.3 Å². The predicted octanol–water partition coefficient (Wildman–Crippen LogP) is 1.56. The Kier molecular flexibility index (Phi) is 2.87. The number of benzene rings is 1. The van der Waals surface area contributed by atoms with Gasteiger partial charge in [0.05, 0.1) is 5.69 Å². The lowest BCUT2D eigenvalue weighted by molar-refractivity contribution is 0.0925. The Balaban J connectivity index is 1.94. The number of carbonyl (C=O) groups is 2. The van der Waals surface area contributed by atoms with Crippen molar-refractivity contribution in [3.8, 4) is 0 Å². The molecule has 0 atom stereocenters. The summed E-state index contributed by atoms with van der Waals surface area (Å²) in [5, 5.41) is 7.34. The van der Waals surface area contributed by atoms with Crippen LogP contribution in [0.1, 0.15) is 20.2 Å². The average Bonchev–Trinajstić information content (AvgIpc) is 2.99. The molecule has 0 saturated heterocycles. The minimum Gasteiger partial charge on any atom is -0.267 e. The number of hydrogen-bond acceptors (Lipinski definition) is 6. The number of amides is 2. The molecule has 9 heteroatoms. The molecule has 0 N–H and O–H groups in total. The summed E-state index contributed by atoms with van der Waals surface area (Å²) in [6.45, 7) is 0. The van der Waals surface area contributed by atoms with E-state index in [9.17, 15) is 14.4 Å². The fourth-order valence-electron chi connectivity index (χ4n) is 2.30. The molecule has 0 unspecified atom stereocenters. The molecule has 1 aliphatic rings. The first-order valence-corrected chi connectivity index (χ1v) is 7.99. The Hall–Kier alpha value is -2.14. The third kappa shape index (κ3) is 1.75. The van der Waals surface area contributed by atoms with E-state index in [1.807, 2.05) is 0 Å². The monoisotopic (exact) mass is 424 g/mol. The first kappa shape index (κ1) is 13.5. The summed E-state index contributed by atoms with van der Waals surface area (Å²) in [6, 6.07) is 7.00. The number of halogens is 1. The molecule has 0 radical (unpaired) electrons. The maximum atomic E-state index is 12.6. The number of imide groups is 1. The molecule has 1 aliphatic heterocycles. The molecular formula is C13H5IN4O3S. The number of thiazole rings is 1. The van der Waals surface area contributed by atoms with E-state index in [2.05, 4.69) is 32.8 Å². The third-order valence-electron chi connectivity index (χ3n) is 3.24. The Labute approximate surface area is 140 Å². The van der Waals surface area contributed by atoms with Gasteiger partial charge in [0, 0.05) is 3.57 Å². The highest BCUT2D eigenvalue weighted by molar-refractivity contribution is 14.1. The van der Waals surface area contributed by atoms with E-state index in [4.69, 9.17) is 0 Å². The van der Waals surface area contributed by atoms with Gasteiger partial charge >= 0.3 is 0 Å². The van der Waals surface area contributed by atoms with Crippen molar-refractivity contribution in [2.45, 2.75) is 0 Å². The molecule has 4 rings (SSSR count). The molecule has 1 aromatic carbocycles. The highest BCUT2D eigenvalue weighted by Crippen LogP contribution is 2.32. The number of nitrogens with zero attached hydrogens (tertiary/aromatic N) is 4. The van der Waals surface area contributed by atoms with E-state index in [-0.39, 0.29) is 15.5 Å². The van der Waals surface area contributed by atoms with Crippen LogP contribution >= 0.6 is 33.9 Å². The van der Waals surface area contributed by atoms with Crippen LogP contribution in [0.15, 0.2) is 35.3 Å². The molecule has 0 aliphatic carbocycles. The van der Waals surface area contributed by atoms with Crippen LogP contribution in [0.4, 0.5) is 5.69 Å². The van der Waals surface area contributed by atoms with Crippen molar-refractivity contribution >= 4 is 56.4 Å². The van der Waals surface area contributed by atoms with Crippen LogP contribution in [-0.2, 0) is 0 Å². The summed E-state index contributed by atoms with van der Waals surface area (Å²) in [7, 11) is 0. The molecule has 2 amide bonds. The van der Waals surface area contributed by atoms with E-state index in [1.165, 1.54) is 0 Å². The van der Waals surface area contributed by atoms with Crippen LogP contribution < -0.4 is 10.5 Å². The molecule has 22 heavy (non-hydrogen) atoms. The van der Waals surface area contributed by atoms with Crippen LogP contribution in [0.3, 0.4) is 0 Å². The number of fused-ring (bicyclic) bond motifs is 3. The van der Waals surface area contributed by atoms with Gasteiger partial charge < -0.3 is 0 Å². The van der Waals surface area contributed by atoms with Gasteiger partial charge in [0.1, 0.15) is 16.8 Å². The summed E-state index contributed by atoms with van der Waals surface area (Å²) in [5.41, 5.74) is 0.0543. The maximum absolute atomic E-state index is 12.6. The Bertz CT molecular complexity index is 1010. The summed E-state index contributed by atoms with van der Waals surface area (Å²) in [5.74, 6) is -0.973. The van der Waals surface area contributed by atoms with Crippen LogP contribution in [0, 0.1) is 3.57 Å². The molecule has 0 saturated carbocycles. The van der Waals surface area contributed by atoms with Gasteiger partial charge in [-0.15, -0.1) is 5.10 Å². The molecule has 0 fully saturated rings. The Morgan fingerprint density at radius 2 is 1.77 bits per heavy atom. The van der Waals surface area contributed by atoms with Gasteiger partial charge in [-0.3, -0.25) is 14.4 Å². The highest BCUT2D eigenvalue weighted by atomic mass is 127. The average molecular weight is 424 g/mol. The number of aromatic nitrogens is 3. The zero-order valence-corrected chi connectivity index (χ0v) is 13.7. The van der Waals surface area contributed by atoms with Crippen molar-refractivity contribution in [2.75, 3.05) is 4.90 Å². The standard InChI is InChI=1S/C13H5IN4O3S/c14-6-1-3-7(4-2-6)17-11(20)9-10(12(17)21)22-13-16-15-5-8(19)18(9)13/h1-5H. The molecule has 0 bridgehead atoms. The largest absolute Gasteiger partial charge is 0.284 e. The lowest BCUT2D eigenvalue weighted by Gasteiger charge is -2.13. The van der Waals surface area contributed by atoms with Gasteiger partial charge in [0.15, 0.2) is 0 Å². The van der Waals surface area contributed by atoms with Crippen molar-refractivity contribution in [3.63, 3.8) is 0 Å². The van der Waals surface area contributed by atoms with Crippen molar-refractivity contribution in [1.82, 2.24) is 14.6 Å². The zero-order chi connectivity index (χ0) is 15.4. The van der Waals surface area contributed by atoms with E-state index in [0.717, 1.165) is 30.4 Å². The number of hydrogen-bond donors (Lipinski definition) is 0. The van der Waals surface area contributed by atoms with Gasteiger partial charge in [-0.05, 0) is 46.9 Å². The predicted molar refractivity (Wildman–Crippen MR) is 87.4 cm³/mol. The van der Waals surface area contributed by atoms with E-state index in [0.29, 0.717) is 5.69 Å². The third-order valence-corrected chi connectivity index (χ3v) is 4.98. The maximum Gasteiger partial charge on any atom is 0.284 e. The second kappa shape index (κ2) is 4.68. The van der Waals surface area contributed by atoms with Gasteiger partial charge in [0.2, 0.25) is 4.96 Å². The molecular weight excluding hydrogens is 419 g/mol. The molecule has 108 valence electrons. The van der Waals surface area contributed by atoms with Crippen molar-refractivity contribution in [3.05, 3.63) is 55.0 Å². The normalized spacial score (nSPS) is 14.0. The second-order valence-corrected chi connectivity index (χ2v) is 6.73. The van der Waals surface area contributed by atoms with Crippen molar-refractivity contribution in [1.29, 1.82) is 0 Å². The molecule has 7 nitrogen and oxygen atoms in total. The quantitative estimate of drug-likeness (QED) is 0.438. The van der Waals surface area contributed by atoms with Gasteiger partial charge in [-0.25, -0.2) is 9.30 Å². The minimum absolute atomic E-state index is 0.0588. The zero-order valence-electron chi connectivity index (χ0n) is 10.7. The summed E-state index contributed by atoms with van der Waals surface area (Å²) < 4.78 is 2.13. The second-order valence-electron chi connectivity index (χ2n) is 4.50. The number of anilines is 1. The lowest BCUT2D eigenvalue weighted by atomic mass is 10.3. The van der Waals surface area contributed by atoms with Crippen LogP contribution in [0.5, 0.6) is 0 Å². The van der Waals surface area contributed by atoms with E-state index >= 15 is 0 Å². The van der Waals surface area contributed by atoms with Crippen LogP contribution in [0.25, 0.3) is 4.96 Å². The molecule has 0 spiro atoms. The van der Waals surface area contributed by atoms with Gasteiger partial charge in [0.25, 0.3) is 17.4 Å². The summed E-state index contributed by atoms with van der Waals surface area (Å²) in [6.07, 6.45) is 1.02. The van der Waals surface area contributed by atoms with Crippen molar-refractivity contribution in [2.24, 2.45) is 0 Å². The Morgan fingerprint density at radius 1 is 1.05 bits per heavy atom. The fraction of sp³-hybridized carbons (Fsp3) is 0. The molecule has 2 aromatic heterocycles. The summed E-state index contributed by atoms with van der Waals surface area (Å²) in [4.78, 5) is 38.6. The number of rotatable bonds is 1. The smallest absolute Gasteiger partial charge is 0.267 e. The van der Waals surface area contributed by atoms with E-state index < -0.39 is 17.4 Å². The van der Waals surface area contributed by atoms with Crippen LogP contribution in [0.2, 0.25) is 0 Å². The van der Waals surface area contributed by atoms with Gasteiger partial charge in [-0.2, -0.15) is 5.10 Å². The number of carbonyl (C=O) groups excluding carboxylic acids is 2. The van der Waals surface area contributed by atoms with Crippen LogP contribution in [-0.4, -0.2) is 26.4 Å². The first-order valence-electron chi connectivity index (χ1n) is 6.09. The highest BCUT2D eigenvalue weighted by Gasteiger charge is 2.41. The Morgan fingerprint density at radius 3 is 2.50 bits per heavy atom. The van der Waals surface area contributed by atoms with Crippen molar-refractivity contribution < 1.29 is 9.59 Å². The molecule has 3 heterocycles. The molecule has 3 aromatic rings. The SMILES string of the molecule is O=C1c2sc3nncc(=O)n3c2C(=O)N1c1ccc(I)cc1. The first-order chi connectivity index (χ1) is 10.6. The van der Waals surface area contributed by atoms with E-state index in [1.54, 1.807) is 24.3 Å². The summed E-state index contributed by atoms with van der Waals surface area (Å²) >= 11 is 3.13. The fourth-order valence-corrected chi connectivity index (χ4v) is 3.66. The topological polar surface area (TPSA) is 84.6 Å². The minimum atomic E-state index is -0.525. The lowest BCUT2D eigenvalue weighted by Crippen LogP contribution is -2.31.